The molecule has 0 aliphatic rings. The van der Waals surface area contributed by atoms with Gasteiger partial charge in [0.15, 0.2) is 10.8 Å². The van der Waals surface area contributed by atoms with Gasteiger partial charge < -0.3 is 0 Å². The molecular weight excluding hydrogens is 356 g/mol. The molecule has 3 rings (SSSR count). The molecule has 0 atom stereocenters. The Bertz CT molecular complexity index is 950. The van der Waals surface area contributed by atoms with Gasteiger partial charge in [0, 0.05) is 28.7 Å². The number of halogens is 1. The lowest BCUT2D eigenvalue weighted by atomic mass is 10.1. The lowest BCUT2D eigenvalue weighted by molar-refractivity contribution is 0.102. The summed E-state index contributed by atoms with van der Waals surface area (Å²) in [6.45, 7) is 1.97. The van der Waals surface area contributed by atoms with Gasteiger partial charge in [-0.05, 0) is 31.2 Å². The highest BCUT2D eigenvalue weighted by Gasteiger charge is 2.11. The van der Waals surface area contributed by atoms with Gasteiger partial charge in [-0.2, -0.15) is 0 Å². The third-order valence-electron chi connectivity index (χ3n) is 3.63. The molecule has 1 heterocycles. The van der Waals surface area contributed by atoms with Crippen LogP contribution in [-0.4, -0.2) is 21.1 Å². The first-order chi connectivity index (χ1) is 12.0. The van der Waals surface area contributed by atoms with E-state index in [1.54, 1.807) is 48.8 Å². The van der Waals surface area contributed by atoms with Crippen LogP contribution in [0.4, 0.5) is 0 Å². The van der Waals surface area contributed by atoms with E-state index in [2.05, 4.69) is 4.98 Å². The number of nitrogens with zero attached hydrogens (tertiary/aromatic N) is 2. The second-order valence-corrected chi connectivity index (χ2v) is 6.86. The average Bonchev–Trinajstić information content (AvgIpc) is 2.62. The monoisotopic (exact) mass is 370 g/mol. The number of Topliss-reactive ketones (excluding diaryl/α,β-unsaturated/α-hetero) is 1. The zero-order valence-electron chi connectivity index (χ0n) is 13.5. The third-order valence-corrected chi connectivity index (χ3v) is 4.84. The minimum atomic E-state index is -0.258. The van der Waals surface area contributed by atoms with Crippen molar-refractivity contribution in [2.24, 2.45) is 0 Å². The Hall–Kier alpha value is -2.37. The maximum absolute atomic E-state index is 12.6. The fraction of sp³-hybridized carbons (Fsp3) is 0.105. The second kappa shape index (κ2) is 7.68. The summed E-state index contributed by atoms with van der Waals surface area (Å²) in [5.41, 5.74) is 2.17. The molecule has 0 saturated heterocycles. The van der Waals surface area contributed by atoms with Crippen LogP contribution in [0.25, 0.3) is 5.69 Å². The van der Waals surface area contributed by atoms with Gasteiger partial charge in [-0.3, -0.25) is 14.2 Å². The van der Waals surface area contributed by atoms with Crippen LogP contribution in [0.5, 0.6) is 0 Å². The summed E-state index contributed by atoms with van der Waals surface area (Å²) < 4.78 is 1.49. The van der Waals surface area contributed by atoms with Crippen molar-refractivity contribution < 1.29 is 4.79 Å². The van der Waals surface area contributed by atoms with Crippen molar-refractivity contribution in [3.8, 4) is 5.69 Å². The number of thioether (sulfide) groups is 1. The van der Waals surface area contributed by atoms with Crippen LogP contribution in [0, 0.1) is 6.92 Å². The van der Waals surface area contributed by atoms with E-state index in [0.29, 0.717) is 16.3 Å². The number of carbonyl (C=O) groups is 1. The van der Waals surface area contributed by atoms with E-state index in [0.717, 1.165) is 17.3 Å². The molecule has 0 radical (unpaired) electrons. The normalized spacial score (nSPS) is 10.6. The first-order valence-electron chi connectivity index (χ1n) is 7.61. The van der Waals surface area contributed by atoms with E-state index in [9.17, 15) is 9.59 Å². The number of carbonyl (C=O) groups excluding carboxylic acids is 1. The highest BCUT2D eigenvalue weighted by Crippen LogP contribution is 2.16. The van der Waals surface area contributed by atoms with Crippen molar-refractivity contribution in [3.05, 3.63) is 87.4 Å². The number of aryl methyl sites for hydroxylation is 1. The first-order valence-corrected chi connectivity index (χ1v) is 8.97. The molecule has 0 aliphatic carbocycles. The molecule has 0 bridgehead atoms. The highest BCUT2D eigenvalue weighted by atomic mass is 35.5. The molecule has 25 heavy (non-hydrogen) atoms. The SMILES string of the molecule is Cc1ccc(C(=O)CSc2nccn(-c3ccc(Cl)cc3)c2=O)cc1. The summed E-state index contributed by atoms with van der Waals surface area (Å²) in [7, 11) is 0. The minimum Gasteiger partial charge on any atom is -0.293 e. The number of ketones is 1. The van der Waals surface area contributed by atoms with Crippen molar-refractivity contribution in [1.29, 1.82) is 0 Å². The molecule has 1 aromatic heterocycles. The van der Waals surface area contributed by atoms with E-state index in [4.69, 9.17) is 11.6 Å². The lowest BCUT2D eigenvalue weighted by Crippen LogP contribution is -2.21. The maximum Gasteiger partial charge on any atom is 0.287 e. The quantitative estimate of drug-likeness (QED) is 0.499. The Morgan fingerprint density at radius 3 is 2.48 bits per heavy atom. The van der Waals surface area contributed by atoms with Crippen molar-refractivity contribution >= 4 is 29.1 Å². The summed E-state index contributed by atoms with van der Waals surface area (Å²) in [4.78, 5) is 29.0. The van der Waals surface area contributed by atoms with Gasteiger partial charge in [0.25, 0.3) is 5.56 Å². The molecule has 0 fully saturated rings. The van der Waals surface area contributed by atoms with Gasteiger partial charge in [-0.25, -0.2) is 4.98 Å². The zero-order valence-corrected chi connectivity index (χ0v) is 15.1. The fourth-order valence-electron chi connectivity index (χ4n) is 2.25. The van der Waals surface area contributed by atoms with Crippen LogP contribution in [0.2, 0.25) is 5.02 Å². The number of aromatic nitrogens is 2. The van der Waals surface area contributed by atoms with Crippen LogP contribution >= 0.6 is 23.4 Å². The molecule has 2 aromatic carbocycles. The Kier molecular flexibility index (Phi) is 5.36. The Labute approximate surface area is 154 Å². The van der Waals surface area contributed by atoms with E-state index in [1.165, 1.54) is 4.57 Å². The molecule has 6 heteroatoms. The third kappa shape index (κ3) is 4.18. The molecule has 4 nitrogen and oxygen atoms in total. The standard InChI is InChI=1S/C19H15ClN2O2S/c1-13-2-4-14(5-3-13)17(23)12-25-18-19(24)22(11-10-21-18)16-8-6-15(20)7-9-16/h2-11H,12H2,1H3. The molecule has 0 N–H and O–H groups in total. The van der Waals surface area contributed by atoms with Gasteiger partial charge in [0.2, 0.25) is 0 Å². The van der Waals surface area contributed by atoms with Gasteiger partial charge in [-0.1, -0.05) is 53.2 Å². The smallest absolute Gasteiger partial charge is 0.287 e. The van der Waals surface area contributed by atoms with Crippen molar-refractivity contribution in [2.45, 2.75) is 11.9 Å². The van der Waals surface area contributed by atoms with Crippen LogP contribution in [0.15, 0.2) is 70.7 Å². The number of benzene rings is 2. The topological polar surface area (TPSA) is 52.0 Å². The minimum absolute atomic E-state index is 0.0342. The molecule has 3 aromatic rings. The van der Waals surface area contributed by atoms with E-state index >= 15 is 0 Å². The molecule has 0 amide bonds. The second-order valence-electron chi connectivity index (χ2n) is 5.46. The molecule has 0 spiro atoms. The van der Waals surface area contributed by atoms with Crippen molar-refractivity contribution in [3.63, 3.8) is 0 Å². The van der Waals surface area contributed by atoms with Crippen molar-refractivity contribution in [2.75, 3.05) is 5.75 Å². The van der Waals surface area contributed by atoms with Crippen LogP contribution in [-0.2, 0) is 0 Å². The molecular formula is C19H15ClN2O2S. The molecule has 126 valence electrons. The lowest BCUT2D eigenvalue weighted by Gasteiger charge is -2.07. The highest BCUT2D eigenvalue weighted by molar-refractivity contribution is 7.99. The zero-order chi connectivity index (χ0) is 17.8. The summed E-state index contributed by atoms with van der Waals surface area (Å²) in [5.74, 6) is 0.128. The average molecular weight is 371 g/mol. The maximum atomic E-state index is 12.6. The summed E-state index contributed by atoms with van der Waals surface area (Å²) in [6.07, 6.45) is 3.14. The number of rotatable bonds is 5. The van der Waals surface area contributed by atoms with Crippen LogP contribution < -0.4 is 5.56 Å². The van der Waals surface area contributed by atoms with Crippen LogP contribution in [0.1, 0.15) is 15.9 Å². The predicted molar refractivity (Wildman–Crippen MR) is 101 cm³/mol. The molecule has 0 saturated carbocycles. The number of hydrogen-bond acceptors (Lipinski definition) is 4. The van der Waals surface area contributed by atoms with Gasteiger partial charge in [-0.15, -0.1) is 0 Å². The summed E-state index contributed by atoms with van der Waals surface area (Å²) >= 11 is 7.03. The molecule has 0 unspecified atom stereocenters. The predicted octanol–water partition coefficient (Wildman–Crippen LogP) is 4.17. The van der Waals surface area contributed by atoms with E-state index in [1.807, 2.05) is 19.1 Å². The van der Waals surface area contributed by atoms with Gasteiger partial charge >= 0.3 is 0 Å². The van der Waals surface area contributed by atoms with Crippen LogP contribution in [0.3, 0.4) is 0 Å². The van der Waals surface area contributed by atoms with Gasteiger partial charge in [0.1, 0.15) is 0 Å². The number of hydrogen-bond donors (Lipinski definition) is 0. The van der Waals surface area contributed by atoms with Crippen molar-refractivity contribution in [1.82, 2.24) is 9.55 Å². The molecule has 0 aliphatic heterocycles. The first kappa shape index (κ1) is 17.5. The fourth-order valence-corrected chi connectivity index (χ4v) is 3.17. The van der Waals surface area contributed by atoms with Gasteiger partial charge in [0.05, 0.1) is 5.75 Å². The summed E-state index contributed by atoms with van der Waals surface area (Å²) in [5, 5.41) is 0.891. The Balaban J connectivity index is 1.78. The Morgan fingerprint density at radius 1 is 1.12 bits per heavy atom. The summed E-state index contributed by atoms with van der Waals surface area (Å²) in [6, 6.07) is 14.3. The largest absolute Gasteiger partial charge is 0.293 e. The van der Waals surface area contributed by atoms with E-state index < -0.39 is 0 Å². The van der Waals surface area contributed by atoms with E-state index in [-0.39, 0.29) is 22.1 Å². The Morgan fingerprint density at radius 2 is 1.80 bits per heavy atom.